The maximum Gasteiger partial charge on any atom is 0.249 e. The number of carbonyl (C=O) groups is 2. The van der Waals surface area contributed by atoms with E-state index in [1.54, 1.807) is 25.1 Å². The maximum atomic E-state index is 12.2. The van der Waals surface area contributed by atoms with Crippen molar-refractivity contribution in [1.29, 1.82) is 0 Å². The Morgan fingerprint density at radius 3 is 2.58 bits per heavy atom. The molecule has 3 rings (SSSR count). The van der Waals surface area contributed by atoms with Crippen molar-refractivity contribution < 1.29 is 14.0 Å². The maximum absolute atomic E-state index is 12.2. The van der Waals surface area contributed by atoms with Crippen LogP contribution in [0.5, 0.6) is 0 Å². The molecule has 3 N–H and O–H groups in total. The lowest BCUT2D eigenvalue weighted by Crippen LogP contribution is -2.17. The lowest BCUT2D eigenvalue weighted by molar-refractivity contribution is -0.116. The second-order valence-electron chi connectivity index (χ2n) is 5.76. The Hall–Kier alpha value is -3.48. The molecule has 1 aromatic heterocycles. The third-order valence-corrected chi connectivity index (χ3v) is 3.93. The molecule has 0 atom stereocenters. The molecule has 0 unspecified atom stereocenters. The molecule has 0 aliphatic rings. The zero-order valence-electron chi connectivity index (χ0n) is 14.2. The molecule has 0 aliphatic heterocycles. The summed E-state index contributed by atoms with van der Waals surface area (Å²) in [7, 11) is 0. The lowest BCUT2D eigenvalue weighted by Gasteiger charge is -2.10. The number of nitrogens with one attached hydrogen (secondary N) is 1. The zero-order valence-corrected chi connectivity index (χ0v) is 14.2. The van der Waals surface area contributed by atoms with Gasteiger partial charge in [0.25, 0.3) is 0 Å². The summed E-state index contributed by atoms with van der Waals surface area (Å²) in [5.41, 5.74) is 7.72. The van der Waals surface area contributed by atoms with Crippen LogP contribution < -0.4 is 11.1 Å². The van der Waals surface area contributed by atoms with E-state index in [0.29, 0.717) is 35.0 Å². The lowest BCUT2D eigenvalue weighted by atomic mass is 10.1. The van der Waals surface area contributed by atoms with Crippen LogP contribution in [0.15, 0.2) is 52.9 Å². The van der Waals surface area contributed by atoms with Crippen molar-refractivity contribution in [2.75, 3.05) is 5.32 Å². The summed E-state index contributed by atoms with van der Waals surface area (Å²) in [6.45, 7) is 1.74. The molecular formula is C19H18N4O3. The Kier molecular flexibility index (Phi) is 5.07. The molecule has 0 radical (unpaired) electrons. The van der Waals surface area contributed by atoms with Crippen LogP contribution in [0.2, 0.25) is 0 Å². The molecule has 0 saturated carbocycles. The third kappa shape index (κ3) is 3.94. The van der Waals surface area contributed by atoms with E-state index < -0.39 is 5.91 Å². The summed E-state index contributed by atoms with van der Waals surface area (Å²) >= 11 is 0. The molecular weight excluding hydrogens is 332 g/mol. The van der Waals surface area contributed by atoms with Crippen LogP contribution in [-0.4, -0.2) is 22.0 Å². The highest BCUT2D eigenvalue weighted by Gasteiger charge is 2.13. The monoisotopic (exact) mass is 350 g/mol. The van der Waals surface area contributed by atoms with Crippen molar-refractivity contribution in [3.05, 3.63) is 65.5 Å². The molecule has 0 fully saturated rings. The van der Waals surface area contributed by atoms with Gasteiger partial charge < -0.3 is 15.5 Å². The second kappa shape index (κ2) is 7.60. The summed E-state index contributed by atoms with van der Waals surface area (Å²) in [6.07, 6.45) is 0.497. The van der Waals surface area contributed by atoms with Gasteiger partial charge in [-0.05, 0) is 36.8 Å². The van der Waals surface area contributed by atoms with Gasteiger partial charge in [-0.3, -0.25) is 9.59 Å². The van der Waals surface area contributed by atoms with Crippen molar-refractivity contribution in [3.8, 4) is 11.5 Å². The highest BCUT2D eigenvalue weighted by molar-refractivity contribution is 5.98. The highest BCUT2D eigenvalue weighted by atomic mass is 16.4. The van der Waals surface area contributed by atoms with Gasteiger partial charge in [0, 0.05) is 29.7 Å². The highest BCUT2D eigenvalue weighted by Crippen LogP contribution is 2.20. The number of aryl methyl sites for hydroxylation is 1. The minimum Gasteiger partial charge on any atom is -0.421 e. The molecule has 2 aromatic carbocycles. The Balaban J connectivity index is 1.61. The van der Waals surface area contributed by atoms with Gasteiger partial charge in [0.2, 0.25) is 23.6 Å². The standard InChI is InChI=1S/C19H18N4O3/c1-12-14(18(20)25)8-5-9-15(12)21-16(24)10-11-17-22-23-19(26-17)13-6-3-2-4-7-13/h2-9H,10-11H2,1H3,(H2,20,25)(H,21,24). The molecule has 7 nitrogen and oxygen atoms in total. The Morgan fingerprint density at radius 2 is 1.85 bits per heavy atom. The fourth-order valence-electron chi connectivity index (χ4n) is 2.52. The molecule has 0 aliphatic carbocycles. The number of hydrogen-bond acceptors (Lipinski definition) is 5. The van der Waals surface area contributed by atoms with Gasteiger partial charge in [-0.25, -0.2) is 0 Å². The van der Waals surface area contributed by atoms with Crippen LogP contribution in [0.3, 0.4) is 0 Å². The third-order valence-electron chi connectivity index (χ3n) is 3.93. The second-order valence-corrected chi connectivity index (χ2v) is 5.76. The Labute approximate surface area is 150 Å². The number of primary amides is 1. The fraction of sp³-hybridized carbons (Fsp3) is 0.158. The van der Waals surface area contributed by atoms with Gasteiger partial charge >= 0.3 is 0 Å². The molecule has 0 bridgehead atoms. The number of hydrogen-bond donors (Lipinski definition) is 2. The van der Waals surface area contributed by atoms with Gasteiger partial charge in [-0.2, -0.15) is 0 Å². The summed E-state index contributed by atoms with van der Waals surface area (Å²) < 4.78 is 5.58. The number of nitrogens with zero attached hydrogens (tertiary/aromatic N) is 2. The number of nitrogens with two attached hydrogens (primary N) is 1. The first-order valence-electron chi connectivity index (χ1n) is 8.11. The van der Waals surface area contributed by atoms with Crippen LogP contribution in [0, 0.1) is 6.92 Å². The number of benzene rings is 2. The van der Waals surface area contributed by atoms with E-state index >= 15 is 0 Å². The molecule has 132 valence electrons. The first-order valence-corrected chi connectivity index (χ1v) is 8.11. The summed E-state index contributed by atoms with van der Waals surface area (Å²) in [5.74, 6) is 0.0692. The van der Waals surface area contributed by atoms with E-state index in [4.69, 9.17) is 10.2 Å². The first-order chi connectivity index (χ1) is 12.5. The van der Waals surface area contributed by atoms with Crippen molar-refractivity contribution in [2.45, 2.75) is 19.8 Å². The van der Waals surface area contributed by atoms with Gasteiger partial charge in [-0.15, -0.1) is 10.2 Å². The van der Waals surface area contributed by atoms with Crippen LogP contribution in [0.1, 0.15) is 28.2 Å². The fourth-order valence-corrected chi connectivity index (χ4v) is 2.52. The largest absolute Gasteiger partial charge is 0.421 e. The molecule has 7 heteroatoms. The van der Waals surface area contributed by atoms with E-state index in [1.165, 1.54) is 0 Å². The van der Waals surface area contributed by atoms with Gasteiger partial charge in [0.05, 0.1) is 0 Å². The average molecular weight is 350 g/mol. The van der Waals surface area contributed by atoms with Gasteiger partial charge in [-0.1, -0.05) is 24.3 Å². The van der Waals surface area contributed by atoms with Crippen LogP contribution >= 0.6 is 0 Å². The quantitative estimate of drug-likeness (QED) is 0.710. The summed E-state index contributed by atoms with van der Waals surface area (Å²) in [6, 6.07) is 14.4. The molecule has 0 saturated heterocycles. The summed E-state index contributed by atoms with van der Waals surface area (Å²) in [4.78, 5) is 23.6. The number of carbonyl (C=O) groups excluding carboxylic acids is 2. The number of rotatable bonds is 6. The molecule has 26 heavy (non-hydrogen) atoms. The average Bonchev–Trinajstić information content (AvgIpc) is 3.11. The first kappa shape index (κ1) is 17.3. The van der Waals surface area contributed by atoms with E-state index in [1.807, 2.05) is 30.3 Å². The number of amides is 2. The van der Waals surface area contributed by atoms with E-state index in [2.05, 4.69) is 15.5 Å². The van der Waals surface area contributed by atoms with E-state index in [-0.39, 0.29) is 12.3 Å². The van der Waals surface area contributed by atoms with E-state index in [0.717, 1.165) is 5.56 Å². The van der Waals surface area contributed by atoms with Gasteiger partial charge in [0.15, 0.2) is 0 Å². The normalized spacial score (nSPS) is 10.5. The molecule has 0 spiro atoms. The molecule has 1 heterocycles. The predicted molar refractivity (Wildman–Crippen MR) is 96.4 cm³/mol. The van der Waals surface area contributed by atoms with Crippen molar-refractivity contribution in [2.24, 2.45) is 5.73 Å². The smallest absolute Gasteiger partial charge is 0.249 e. The van der Waals surface area contributed by atoms with Crippen LogP contribution in [-0.2, 0) is 11.2 Å². The Bertz CT molecular complexity index is 935. The van der Waals surface area contributed by atoms with Crippen molar-refractivity contribution >= 4 is 17.5 Å². The van der Waals surface area contributed by atoms with Crippen LogP contribution in [0.25, 0.3) is 11.5 Å². The van der Waals surface area contributed by atoms with Crippen LogP contribution in [0.4, 0.5) is 5.69 Å². The van der Waals surface area contributed by atoms with E-state index in [9.17, 15) is 9.59 Å². The number of anilines is 1. The van der Waals surface area contributed by atoms with Crippen molar-refractivity contribution in [1.82, 2.24) is 10.2 Å². The molecule has 3 aromatic rings. The predicted octanol–water partition coefficient (Wildman–Crippen LogP) is 2.72. The zero-order chi connectivity index (χ0) is 18.5. The summed E-state index contributed by atoms with van der Waals surface area (Å²) in [5, 5.41) is 10.7. The molecule has 2 amide bonds. The van der Waals surface area contributed by atoms with Crippen molar-refractivity contribution in [3.63, 3.8) is 0 Å². The minimum absolute atomic E-state index is 0.177. The Morgan fingerprint density at radius 1 is 1.08 bits per heavy atom. The SMILES string of the molecule is Cc1c(NC(=O)CCc2nnc(-c3ccccc3)o2)cccc1C(N)=O. The topological polar surface area (TPSA) is 111 Å². The van der Waals surface area contributed by atoms with Gasteiger partial charge in [0.1, 0.15) is 0 Å². The number of aromatic nitrogens is 2. The minimum atomic E-state index is -0.530.